The number of aromatic nitrogens is 1. The van der Waals surface area contributed by atoms with Crippen LogP contribution in [0, 0.1) is 18.8 Å². The van der Waals surface area contributed by atoms with Crippen molar-refractivity contribution in [1.29, 1.82) is 0 Å². The molecule has 0 aliphatic rings. The van der Waals surface area contributed by atoms with Crippen molar-refractivity contribution in [3.05, 3.63) is 77.5 Å². The second-order valence-corrected chi connectivity index (χ2v) is 5.53. The van der Waals surface area contributed by atoms with Crippen LogP contribution in [-0.4, -0.2) is 17.6 Å². The number of pyridine rings is 1. The molecule has 0 saturated carbocycles. The van der Waals surface area contributed by atoms with Crippen LogP contribution < -0.4 is 5.32 Å². The molecule has 2 aromatic carbocycles. The normalized spacial score (nSPS) is 9.96. The minimum atomic E-state index is -0.477. The van der Waals surface area contributed by atoms with E-state index in [2.05, 4.69) is 22.1 Å². The van der Waals surface area contributed by atoms with Gasteiger partial charge in [0.1, 0.15) is 6.61 Å². The zero-order valence-electron chi connectivity index (χ0n) is 14.0. The Hall–Kier alpha value is -3.32. The highest BCUT2D eigenvalue weighted by Crippen LogP contribution is 2.18. The molecule has 0 radical (unpaired) electrons. The number of fused-ring (bicyclic) bond motifs is 1. The molecule has 3 rings (SSSR count). The lowest BCUT2D eigenvalue weighted by Crippen LogP contribution is -2.24. The average Bonchev–Trinajstić information content (AvgIpc) is 2.66. The third-order valence-corrected chi connectivity index (χ3v) is 3.78. The fourth-order valence-electron chi connectivity index (χ4n) is 2.46. The first-order valence-electron chi connectivity index (χ1n) is 8.02. The molecule has 25 heavy (non-hydrogen) atoms. The Kier molecular flexibility index (Phi) is 5.28. The maximum absolute atomic E-state index is 11.7. The van der Waals surface area contributed by atoms with Crippen LogP contribution in [0.2, 0.25) is 0 Å². The lowest BCUT2D eigenvalue weighted by atomic mass is 10.0. The Labute approximate surface area is 146 Å². The predicted molar refractivity (Wildman–Crippen MR) is 98.0 cm³/mol. The molecule has 0 atom stereocenters. The second kappa shape index (κ2) is 7.98. The standard InChI is InChI=1S/C21H18N2O2/c1-16-18(11-12-19-10-6-13-22-20(16)19)9-5-14-23-21(24)25-15-17-7-3-2-4-8-17/h2-4,6-8,10-13H,14-15H2,1H3,(H,23,24). The van der Waals surface area contributed by atoms with Gasteiger partial charge in [0.2, 0.25) is 0 Å². The minimum Gasteiger partial charge on any atom is -0.445 e. The van der Waals surface area contributed by atoms with E-state index in [-0.39, 0.29) is 13.2 Å². The van der Waals surface area contributed by atoms with E-state index in [0.29, 0.717) is 0 Å². The molecule has 124 valence electrons. The fraction of sp³-hybridized carbons (Fsp3) is 0.143. The largest absolute Gasteiger partial charge is 0.445 e. The average molecular weight is 330 g/mol. The summed E-state index contributed by atoms with van der Waals surface area (Å²) in [5.41, 5.74) is 3.84. The molecular formula is C21H18N2O2. The summed E-state index contributed by atoms with van der Waals surface area (Å²) >= 11 is 0. The van der Waals surface area contributed by atoms with Gasteiger partial charge in [-0.1, -0.05) is 54.3 Å². The van der Waals surface area contributed by atoms with E-state index in [1.807, 2.05) is 61.5 Å². The van der Waals surface area contributed by atoms with Crippen molar-refractivity contribution < 1.29 is 9.53 Å². The van der Waals surface area contributed by atoms with Crippen LogP contribution in [0.5, 0.6) is 0 Å². The number of nitrogens with zero attached hydrogens (tertiary/aromatic N) is 1. The van der Waals surface area contributed by atoms with E-state index >= 15 is 0 Å². The summed E-state index contributed by atoms with van der Waals surface area (Å²) in [6.45, 7) is 2.48. The zero-order valence-corrected chi connectivity index (χ0v) is 14.0. The first-order valence-corrected chi connectivity index (χ1v) is 8.02. The number of hydrogen-bond acceptors (Lipinski definition) is 3. The van der Waals surface area contributed by atoms with E-state index in [9.17, 15) is 4.79 Å². The second-order valence-electron chi connectivity index (χ2n) is 5.53. The molecule has 1 aromatic heterocycles. The summed E-state index contributed by atoms with van der Waals surface area (Å²) in [4.78, 5) is 16.1. The Morgan fingerprint density at radius 2 is 1.96 bits per heavy atom. The molecular weight excluding hydrogens is 312 g/mol. The quantitative estimate of drug-likeness (QED) is 0.743. The molecule has 0 unspecified atom stereocenters. The molecule has 3 aromatic rings. The molecule has 4 nitrogen and oxygen atoms in total. The van der Waals surface area contributed by atoms with Gasteiger partial charge >= 0.3 is 6.09 Å². The SMILES string of the molecule is Cc1c(C#CCNC(=O)OCc2ccccc2)ccc2cccnc12. The Morgan fingerprint density at radius 3 is 2.80 bits per heavy atom. The number of nitrogens with one attached hydrogen (secondary N) is 1. The number of hydrogen-bond donors (Lipinski definition) is 1. The monoisotopic (exact) mass is 330 g/mol. The zero-order chi connectivity index (χ0) is 17.5. The van der Waals surface area contributed by atoms with E-state index in [1.165, 1.54) is 0 Å². The van der Waals surface area contributed by atoms with Gasteiger partial charge in [0, 0.05) is 17.1 Å². The first-order chi connectivity index (χ1) is 12.2. The maximum Gasteiger partial charge on any atom is 0.408 e. The van der Waals surface area contributed by atoms with Crippen LogP contribution in [-0.2, 0) is 11.3 Å². The van der Waals surface area contributed by atoms with Gasteiger partial charge in [-0.15, -0.1) is 0 Å². The predicted octanol–water partition coefficient (Wildman–Crippen LogP) is 3.82. The van der Waals surface area contributed by atoms with Crippen molar-refractivity contribution in [2.45, 2.75) is 13.5 Å². The van der Waals surface area contributed by atoms with Crippen LogP contribution in [0.4, 0.5) is 4.79 Å². The number of aryl methyl sites for hydroxylation is 1. The van der Waals surface area contributed by atoms with Crippen molar-refractivity contribution in [2.75, 3.05) is 6.54 Å². The highest BCUT2D eigenvalue weighted by Gasteiger charge is 2.02. The van der Waals surface area contributed by atoms with E-state index in [1.54, 1.807) is 6.20 Å². The molecule has 0 saturated heterocycles. The molecule has 0 aliphatic heterocycles. The molecule has 1 heterocycles. The highest BCUT2D eigenvalue weighted by atomic mass is 16.5. The van der Waals surface area contributed by atoms with Crippen molar-refractivity contribution in [2.24, 2.45) is 0 Å². The number of benzene rings is 2. The number of carbonyl (C=O) groups excluding carboxylic acids is 1. The van der Waals surface area contributed by atoms with Crippen molar-refractivity contribution >= 4 is 17.0 Å². The van der Waals surface area contributed by atoms with Gasteiger partial charge in [0.05, 0.1) is 12.1 Å². The maximum atomic E-state index is 11.7. The van der Waals surface area contributed by atoms with Gasteiger partial charge in [-0.25, -0.2) is 4.79 Å². The molecule has 4 heteroatoms. The smallest absolute Gasteiger partial charge is 0.408 e. The summed E-state index contributed by atoms with van der Waals surface area (Å²) in [5.74, 6) is 6.02. The number of carbonyl (C=O) groups is 1. The summed E-state index contributed by atoms with van der Waals surface area (Å²) < 4.78 is 5.13. The number of ether oxygens (including phenoxy) is 1. The summed E-state index contributed by atoms with van der Waals surface area (Å²) in [6.07, 6.45) is 1.30. The lowest BCUT2D eigenvalue weighted by Gasteiger charge is -2.05. The van der Waals surface area contributed by atoms with Gasteiger partial charge in [-0.2, -0.15) is 0 Å². The highest BCUT2D eigenvalue weighted by molar-refractivity contribution is 5.83. The van der Waals surface area contributed by atoms with Crippen LogP contribution in [0.15, 0.2) is 60.8 Å². The van der Waals surface area contributed by atoms with Crippen LogP contribution >= 0.6 is 0 Å². The Morgan fingerprint density at radius 1 is 1.12 bits per heavy atom. The fourth-order valence-corrected chi connectivity index (χ4v) is 2.46. The third-order valence-electron chi connectivity index (χ3n) is 3.78. The van der Waals surface area contributed by atoms with Crippen LogP contribution in [0.1, 0.15) is 16.7 Å². The first kappa shape index (κ1) is 16.5. The molecule has 1 N–H and O–H groups in total. The molecule has 1 amide bonds. The van der Waals surface area contributed by atoms with Crippen molar-refractivity contribution in [3.63, 3.8) is 0 Å². The van der Waals surface area contributed by atoms with E-state index < -0.39 is 6.09 Å². The van der Waals surface area contributed by atoms with Crippen LogP contribution in [0.3, 0.4) is 0 Å². The number of rotatable bonds is 3. The topological polar surface area (TPSA) is 51.2 Å². The lowest BCUT2D eigenvalue weighted by molar-refractivity contribution is 0.141. The molecule has 0 fully saturated rings. The van der Waals surface area contributed by atoms with Gasteiger partial charge in [-0.3, -0.25) is 4.98 Å². The summed E-state index contributed by atoms with van der Waals surface area (Å²) in [7, 11) is 0. The summed E-state index contributed by atoms with van der Waals surface area (Å²) in [6, 6.07) is 17.5. The van der Waals surface area contributed by atoms with Crippen molar-refractivity contribution in [3.8, 4) is 11.8 Å². The van der Waals surface area contributed by atoms with Gasteiger partial charge in [-0.05, 0) is 30.2 Å². The van der Waals surface area contributed by atoms with E-state index in [0.717, 1.165) is 27.6 Å². The third kappa shape index (κ3) is 4.36. The Bertz CT molecular complexity index is 940. The van der Waals surface area contributed by atoms with Crippen LogP contribution in [0.25, 0.3) is 10.9 Å². The van der Waals surface area contributed by atoms with Gasteiger partial charge in [0.25, 0.3) is 0 Å². The molecule has 0 bridgehead atoms. The number of alkyl carbamates (subject to hydrolysis) is 1. The Balaban J connectivity index is 1.54. The van der Waals surface area contributed by atoms with Gasteiger partial charge < -0.3 is 10.1 Å². The minimum absolute atomic E-state index is 0.229. The number of amides is 1. The summed E-state index contributed by atoms with van der Waals surface area (Å²) in [5, 5.41) is 3.72. The molecule has 0 spiro atoms. The van der Waals surface area contributed by atoms with Gasteiger partial charge in [0.15, 0.2) is 0 Å². The van der Waals surface area contributed by atoms with E-state index in [4.69, 9.17) is 4.74 Å². The molecule has 0 aliphatic carbocycles. The van der Waals surface area contributed by atoms with Crippen molar-refractivity contribution in [1.82, 2.24) is 10.3 Å².